The average Bonchev–Trinajstić information content (AvgIpc) is 2.87. The van der Waals surface area contributed by atoms with Gasteiger partial charge in [-0.1, -0.05) is 32.0 Å². The number of methoxy groups -OCH3 is 1. The molecule has 1 aromatic rings. The second kappa shape index (κ2) is 5.94. The molecule has 5 nitrogen and oxygen atoms in total. The summed E-state index contributed by atoms with van der Waals surface area (Å²) < 4.78 is 4.72. The summed E-state index contributed by atoms with van der Waals surface area (Å²) in [5.41, 5.74) is 2.10. The van der Waals surface area contributed by atoms with E-state index in [-0.39, 0.29) is 17.9 Å². The van der Waals surface area contributed by atoms with E-state index in [9.17, 15) is 9.59 Å². The van der Waals surface area contributed by atoms with Crippen LogP contribution in [0.3, 0.4) is 0 Å². The molecule has 1 aliphatic heterocycles. The van der Waals surface area contributed by atoms with Crippen molar-refractivity contribution in [3.05, 3.63) is 29.8 Å². The smallest absolute Gasteiger partial charge is 0.328 e. The van der Waals surface area contributed by atoms with Crippen LogP contribution in [0.1, 0.15) is 19.4 Å². The van der Waals surface area contributed by atoms with Crippen molar-refractivity contribution >= 4 is 17.6 Å². The summed E-state index contributed by atoms with van der Waals surface area (Å²) in [6.07, 6.45) is 0.633. The molecule has 1 heterocycles. The fraction of sp³-hybridized carbons (Fsp3) is 0.467. The van der Waals surface area contributed by atoms with Crippen molar-refractivity contribution in [1.29, 1.82) is 0 Å². The lowest BCUT2D eigenvalue weighted by molar-refractivity contribution is -0.146. The molecular formula is C15H20N2O3. The molecule has 0 saturated carbocycles. The SMILES string of the molecule is COC(=O)C(NC(=O)C1Cc2ccccc2N1)C(C)C. The van der Waals surface area contributed by atoms with Gasteiger partial charge in [0, 0.05) is 12.1 Å². The van der Waals surface area contributed by atoms with Crippen molar-refractivity contribution in [2.75, 3.05) is 12.4 Å². The van der Waals surface area contributed by atoms with E-state index in [1.807, 2.05) is 38.1 Å². The van der Waals surface area contributed by atoms with E-state index < -0.39 is 12.0 Å². The number of rotatable bonds is 4. The number of nitrogens with one attached hydrogen (secondary N) is 2. The zero-order chi connectivity index (χ0) is 14.7. The van der Waals surface area contributed by atoms with Crippen LogP contribution >= 0.6 is 0 Å². The van der Waals surface area contributed by atoms with E-state index in [2.05, 4.69) is 10.6 Å². The quantitative estimate of drug-likeness (QED) is 0.814. The van der Waals surface area contributed by atoms with Gasteiger partial charge in [0.2, 0.25) is 5.91 Å². The number of ether oxygens (including phenoxy) is 1. The number of amides is 1. The van der Waals surface area contributed by atoms with Gasteiger partial charge in [-0.3, -0.25) is 4.79 Å². The number of carbonyl (C=O) groups is 2. The molecule has 0 bridgehead atoms. The monoisotopic (exact) mass is 276 g/mol. The molecule has 1 aromatic carbocycles. The topological polar surface area (TPSA) is 67.4 Å². The van der Waals surface area contributed by atoms with Crippen molar-refractivity contribution in [2.24, 2.45) is 5.92 Å². The van der Waals surface area contributed by atoms with Crippen molar-refractivity contribution in [1.82, 2.24) is 5.32 Å². The van der Waals surface area contributed by atoms with Crippen LogP contribution in [-0.2, 0) is 20.7 Å². The highest BCUT2D eigenvalue weighted by molar-refractivity contribution is 5.91. The second-order valence-electron chi connectivity index (χ2n) is 5.31. The van der Waals surface area contributed by atoms with E-state index in [1.165, 1.54) is 7.11 Å². The minimum atomic E-state index is -0.613. The first-order chi connectivity index (χ1) is 9.52. The Morgan fingerprint density at radius 1 is 1.35 bits per heavy atom. The molecule has 20 heavy (non-hydrogen) atoms. The van der Waals surface area contributed by atoms with Gasteiger partial charge in [0.15, 0.2) is 0 Å². The lowest BCUT2D eigenvalue weighted by Crippen LogP contribution is -2.50. The van der Waals surface area contributed by atoms with Gasteiger partial charge in [-0.2, -0.15) is 0 Å². The summed E-state index contributed by atoms with van der Waals surface area (Å²) in [7, 11) is 1.33. The minimum Gasteiger partial charge on any atom is -0.467 e. The predicted octanol–water partition coefficient (Wildman–Crippen LogP) is 1.34. The summed E-state index contributed by atoms with van der Waals surface area (Å²) in [5.74, 6) is -0.607. The second-order valence-corrected chi connectivity index (χ2v) is 5.31. The third-order valence-electron chi connectivity index (χ3n) is 3.51. The van der Waals surface area contributed by atoms with Crippen LogP contribution in [0.25, 0.3) is 0 Å². The predicted molar refractivity (Wildman–Crippen MR) is 76.3 cm³/mol. The van der Waals surface area contributed by atoms with Crippen LogP contribution in [0.4, 0.5) is 5.69 Å². The van der Waals surface area contributed by atoms with Crippen LogP contribution < -0.4 is 10.6 Å². The van der Waals surface area contributed by atoms with Crippen molar-refractivity contribution in [2.45, 2.75) is 32.4 Å². The van der Waals surface area contributed by atoms with E-state index in [0.717, 1.165) is 11.3 Å². The molecule has 0 saturated heterocycles. The van der Waals surface area contributed by atoms with Gasteiger partial charge >= 0.3 is 5.97 Å². The lowest BCUT2D eigenvalue weighted by atomic mass is 10.0. The van der Waals surface area contributed by atoms with Gasteiger partial charge < -0.3 is 15.4 Å². The maximum absolute atomic E-state index is 12.3. The Morgan fingerprint density at radius 3 is 2.65 bits per heavy atom. The Hall–Kier alpha value is -2.04. The molecule has 0 spiro atoms. The summed E-state index contributed by atoms with van der Waals surface area (Å²) in [6, 6.07) is 6.87. The largest absolute Gasteiger partial charge is 0.467 e. The Bertz CT molecular complexity index is 489. The van der Waals surface area contributed by atoms with Gasteiger partial charge in [0.1, 0.15) is 12.1 Å². The first kappa shape index (κ1) is 14.4. The van der Waals surface area contributed by atoms with E-state index in [1.54, 1.807) is 0 Å². The zero-order valence-electron chi connectivity index (χ0n) is 12.0. The van der Waals surface area contributed by atoms with Gasteiger partial charge in [0.25, 0.3) is 0 Å². The van der Waals surface area contributed by atoms with Crippen LogP contribution in [0.15, 0.2) is 24.3 Å². The average molecular weight is 276 g/mol. The molecule has 5 heteroatoms. The fourth-order valence-corrected chi connectivity index (χ4v) is 2.33. The highest BCUT2D eigenvalue weighted by Crippen LogP contribution is 2.25. The Morgan fingerprint density at radius 2 is 2.05 bits per heavy atom. The summed E-state index contributed by atoms with van der Waals surface area (Å²) in [4.78, 5) is 23.9. The molecule has 2 atom stereocenters. The number of anilines is 1. The van der Waals surface area contributed by atoms with Crippen LogP contribution in [0.5, 0.6) is 0 Å². The van der Waals surface area contributed by atoms with Crippen molar-refractivity contribution in [3.8, 4) is 0 Å². The molecule has 2 unspecified atom stereocenters. The number of para-hydroxylation sites is 1. The first-order valence-electron chi connectivity index (χ1n) is 6.75. The maximum atomic E-state index is 12.3. The van der Waals surface area contributed by atoms with Crippen molar-refractivity contribution < 1.29 is 14.3 Å². The van der Waals surface area contributed by atoms with E-state index >= 15 is 0 Å². The van der Waals surface area contributed by atoms with Gasteiger partial charge in [0.05, 0.1) is 7.11 Å². The molecule has 1 amide bonds. The maximum Gasteiger partial charge on any atom is 0.328 e. The van der Waals surface area contributed by atoms with Gasteiger partial charge in [-0.25, -0.2) is 4.79 Å². The third-order valence-corrected chi connectivity index (χ3v) is 3.51. The molecule has 2 rings (SSSR count). The molecule has 0 aromatic heterocycles. The zero-order valence-corrected chi connectivity index (χ0v) is 12.0. The Labute approximate surface area is 118 Å². The normalized spacial score (nSPS) is 18.1. The Balaban J connectivity index is 2.01. The first-order valence-corrected chi connectivity index (χ1v) is 6.75. The highest BCUT2D eigenvalue weighted by Gasteiger charge is 2.31. The van der Waals surface area contributed by atoms with Crippen LogP contribution in [0, 0.1) is 5.92 Å². The molecule has 0 aliphatic carbocycles. The fourth-order valence-electron chi connectivity index (χ4n) is 2.33. The standard InChI is InChI=1S/C15H20N2O3/c1-9(2)13(15(19)20-3)17-14(18)12-8-10-6-4-5-7-11(10)16-12/h4-7,9,12-13,16H,8H2,1-3H3,(H,17,18). The van der Waals surface area contributed by atoms with Gasteiger partial charge in [-0.05, 0) is 17.5 Å². The van der Waals surface area contributed by atoms with Crippen LogP contribution in [-0.4, -0.2) is 31.1 Å². The molecule has 0 radical (unpaired) electrons. The number of fused-ring (bicyclic) bond motifs is 1. The lowest BCUT2D eigenvalue weighted by Gasteiger charge is -2.22. The minimum absolute atomic E-state index is 0.0184. The number of hydrogen-bond donors (Lipinski definition) is 2. The van der Waals surface area contributed by atoms with Gasteiger partial charge in [-0.15, -0.1) is 0 Å². The number of benzene rings is 1. The number of hydrogen-bond acceptors (Lipinski definition) is 4. The van der Waals surface area contributed by atoms with Crippen molar-refractivity contribution in [3.63, 3.8) is 0 Å². The summed E-state index contributed by atoms with van der Waals surface area (Å²) in [6.45, 7) is 3.75. The summed E-state index contributed by atoms with van der Waals surface area (Å²) in [5, 5.41) is 5.94. The van der Waals surface area contributed by atoms with E-state index in [4.69, 9.17) is 4.74 Å². The number of esters is 1. The molecular weight excluding hydrogens is 256 g/mol. The van der Waals surface area contributed by atoms with Crippen LogP contribution in [0.2, 0.25) is 0 Å². The molecule has 0 fully saturated rings. The molecule has 108 valence electrons. The highest BCUT2D eigenvalue weighted by atomic mass is 16.5. The molecule has 1 aliphatic rings. The Kier molecular flexibility index (Phi) is 4.27. The van der Waals surface area contributed by atoms with E-state index in [0.29, 0.717) is 6.42 Å². The number of carbonyl (C=O) groups excluding carboxylic acids is 2. The summed E-state index contributed by atoms with van der Waals surface area (Å²) >= 11 is 0. The molecule has 2 N–H and O–H groups in total. The third kappa shape index (κ3) is 2.92.